The molecule has 0 aliphatic carbocycles. The molecule has 0 radical (unpaired) electrons. The maximum absolute atomic E-state index is 5.73. The largest absolute Gasteiger partial charge is 0.271 e. The van der Waals surface area contributed by atoms with Gasteiger partial charge in [0.1, 0.15) is 0 Å². The Kier molecular flexibility index (Phi) is 4.72. The van der Waals surface area contributed by atoms with E-state index in [-0.39, 0.29) is 6.04 Å². The average molecular weight is 254 g/mol. The summed E-state index contributed by atoms with van der Waals surface area (Å²) >= 11 is 0. The Balaban J connectivity index is 2.17. The van der Waals surface area contributed by atoms with E-state index in [1.54, 1.807) is 0 Å². The highest BCUT2D eigenvalue weighted by Gasteiger charge is 2.12. The van der Waals surface area contributed by atoms with Gasteiger partial charge in [0, 0.05) is 0 Å². The lowest BCUT2D eigenvalue weighted by Gasteiger charge is -2.18. The summed E-state index contributed by atoms with van der Waals surface area (Å²) in [7, 11) is 0. The molecule has 2 aromatic rings. The minimum absolute atomic E-state index is 0.161. The summed E-state index contributed by atoms with van der Waals surface area (Å²) in [5.74, 6) is 5.73. The van der Waals surface area contributed by atoms with Crippen LogP contribution < -0.4 is 11.3 Å². The predicted molar refractivity (Wildman–Crippen MR) is 80.8 cm³/mol. The highest BCUT2D eigenvalue weighted by atomic mass is 15.2. The number of rotatable bonds is 5. The molecule has 0 fully saturated rings. The van der Waals surface area contributed by atoms with Gasteiger partial charge in [0.25, 0.3) is 0 Å². The van der Waals surface area contributed by atoms with E-state index >= 15 is 0 Å². The van der Waals surface area contributed by atoms with Crippen molar-refractivity contribution in [2.75, 3.05) is 0 Å². The van der Waals surface area contributed by atoms with Crippen LogP contribution in [0, 0.1) is 6.92 Å². The van der Waals surface area contributed by atoms with Gasteiger partial charge in [-0.1, -0.05) is 55.5 Å². The summed E-state index contributed by atoms with van der Waals surface area (Å²) < 4.78 is 0. The van der Waals surface area contributed by atoms with E-state index in [0.29, 0.717) is 0 Å². The highest BCUT2D eigenvalue weighted by molar-refractivity contribution is 5.31. The normalized spacial score (nSPS) is 12.4. The highest BCUT2D eigenvalue weighted by Crippen LogP contribution is 2.21. The van der Waals surface area contributed by atoms with Crippen molar-refractivity contribution >= 4 is 0 Å². The van der Waals surface area contributed by atoms with Crippen LogP contribution in [0.25, 0.3) is 0 Å². The molecule has 2 nitrogen and oxygen atoms in total. The monoisotopic (exact) mass is 254 g/mol. The minimum Gasteiger partial charge on any atom is -0.271 e. The summed E-state index contributed by atoms with van der Waals surface area (Å²) in [6.07, 6.45) is 1.99. The summed E-state index contributed by atoms with van der Waals surface area (Å²) in [6.45, 7) is 4.30. The number of benzene rings is 2. The molecule has 0 aliphatic rings. The zero-order chi connectivity index (χ0) is 13.7. The van der Waals surface area contributed by atoms with Crippen LogP contribution in [0.15, 0.2) is 48.5 Å². The molecule has 3 N–H and O–H groups in total. The van der Waals surface area contributed by atoms with Gasteiger partial charge in [0.15, 0.2) is 0 Å². The number of hydrogen-bond acceptors (Lipinski definition) is 2. The van der Waals surface area contributed by atoms with Gasteiger partial charge in [-0.25, -0.2) is 0 Å². The summed E-state index contributed by atoms with van der Waals surface area (Å²) in [5, 5.41) is 0. The van der Waals surface area contributed by atoms with Gasteiger partial charge in [-0.05, 0) is 42.0 Å². The van der Waals surface area contributed by atoms with E-state index in [1.807, 2.05) is 0 Å². The molecule has 2 heteroatoms. The Morgan fingerprint density at radius 3 is 2.21 bits per heavy atom. The first-order valence-corrected chi connectivity index (χ1v) is 6.84. The Hall–Kier alpha value is -1.64. The third-order valence-electron chi connectivity index (χ3n) is 3.64. The molecule has 2 aromatic carbocycles. The van der Waals surface area contributed by atoms with E-state index < -0.39 is 0 Å². The van der Waals surface area contributed by atoms with Gasteiger partial charge in [-0.2, -0.15) is 0 Å². The Morgan fingerprint density at radius 1 is 1.00 bits per heavy atom. The van der Waals surface area contributed by atoms with Crippen molar-refractivity contribution < 1.29 is 0 Å². The molecule has 0 amide bonds. The quantitative estimate of drug-likeness (QED) is 0.634. The molecular formula is C17H22N2. The van der Waals surface area contributed by atoms with E-state index in [1.165, 1.54) is 22.3 Å². The third-order valence-corrected chi connectivity index (χ3v) is 3.64. The number of hydrogen-bond donors (Lipinski definition) is 2. The van der Waals surface area contributed by atoms with Crippen LogP contribution in [-0.4, -0.2) is 0 Å². The number of aryl methyl sites for hydroxylation is 2. The third kappa shape index (κ3) is 3.43. The Labute approximate surface area is 115 Å². The zero-order valence-corrected chi connectivity index (χ0v) is 11.7. The Morgan fingerprint density at radius 2 is 1.63 bits per heavy atom. The molecule has 2 rings (SSSR count). The van der Waals surface area contributed by atoms with Crippen molar-refractivity contribution in [3.05, 3.63) is 70.8 Å². The smallest absolute Gasteiger partial charge is 0.0502 e. The second kappa shape index (κ2) is 6.50. The molecular weight excluding hydrogens is 232 g/mol. The summed E-state index contributed by atoms with van der Waals surface area (Å²) in [6, 6.07) is 17.3. The van der Waals surface area contributed by atoms with Crippen LogP contribution in [0.2, 0.25) is 0 Å². The van der Waals surface area contributed by atoms with Gasteiger partial charge in [-0.15, -0.1) is 0 Å². The first-order valence-electron chi connectivity index (χ1n) is 6.84. The fourth-order valence-corrected chi connectivity index (χ4v) is 2.38. The molecule has 0 spiro atoms. The first-order chi connectivity index (χ1) is 9.24. The van der Waals surface area contributed by atoms with E-state index in [0.717, 1.165) is 12.8 Å². The topological polar surface area (TPSA) is 38.0 Å². The molecule has 100 valence electrons. The zero-order valence-electron chi connectivity index (χ0n) is 11.7. The molecule has 0 saturated carbocycles. The maximum atomic E-state index is 5.73. The van der Waals surface area contributed by atoms with Crippen LogP contribution >= 0.6 is 0 Å². The number of nitrogens with two attached hydrogens (primary N) is 1. The molecule has 0 saturated heterocycles. The van der Waals surface area contributed by atoms with Gasteiger partial charge >= 0.3 is 0 Å². The second-order valence-electron chi connectivity index (χ2n) is 4.95. The molecule has 1 atom stereocenters. The second-order valence-corrected chi connectivity index (χ2v) is 4.95. The van der Waals surface area contributed by atoms with Crippen molar-refractivity contribution in [3.8, 4) is 0 Å². The van der Waals surface area contributed by atoms with Crippen LogP contribution in [0.3, 0.4) is 0 Å². The molecule has 19 heavy (non-hydrogen) atoms. The fourth-order valence-electron chi connectivity index (χ4n) is 2.38. The molecule has 0 aliphatic heterocycles. The molecule has 0 bridgehead atoms. The lowest BCUT2D eigenvalue weighted by molar-refractivity contribution is 0.549. The number of hydrazine groups is 1. The lowest BCUT2D eigenvalue weighted by Crippen LogP contribution is -2.30. The minimum atomic E-state index is 0.161. The first kappa shape index (κ1) is 13.8. The SMILES string of the molecule is CCc1ccc(CC(NN)c2ccccc2C)cc1. The van der Waals surface area contributed by atoms with Gasteiger partial charge < -0.3 is 0 Å². The van der Waals surface area contributed by atoms with Gasteiger partial charge in [0.2, 0.25) is 0 Å². The van der Waals surface area contributed by atoms with Gasteiger partial charge in [0.05, 0.1) is 6.04 Å². The molecule has 0 aromatic heterocycles. The van der Waals surface area contributed by atoms with Crippen LogP contribution in [0.4, 0.5) is 0 Å². The van der Waals surface area contributed by atoms with Crippen molar-refractivity contribution in [1.29, 1.82) is 0 Å². The molecule has 1 unspecified atom stereocenters. The van der Waals surface area contributed by atoms with Gasteiger partial charge in [-0.3, -0.25) is 11.3 Å². The van der Waals surface area contributed by atoms with Crippen LogP contribution in [-0.2, 0) is 12.8 Å². The Bertz CT molecular complexity index is 517. The predicted octanol–water partition coefficient (Wildman–Crippen LogP) is 3.30. The van der Waals surface area contributed by atoms with E-state index in [2.05, 4.69) is 67.8 Å². The number of nitrogens with one attached hydrogen (secondary N) is 1. The average Bonchev–Trinajstić information content (AvgIpc) is 2.46. The standard InChI is InChI=1S/C17H22N2/c1-3-14-8-10-15(11-9-14)12-17(19-18)16-7-5-4-6-13(16)2/h4-11,17,19H,3,12,18H2,1-2H3. The summed E-state index contributed by atoms with van der Waals surface area (Å²) in [5.41, 5.74) is 8.16. The van der Waals surface area contributed by atoms with E-state index in [4.69, 9.17) is 5.84 Å². The fraction of sp³-hybridized carbons (Fsp3) is 0.294. The van der Waals surface area contributed by atoms with Crippen molar-refractivity contribution in [1.82, 2.24) is 5.43 Å². The maximum Gasteiger partial charge on any atom is 0.0502 e. The van der Waals surface area contributed by atoms with Crippen molar-refractivity contribution in [2.24, 2.45) is 5.84 Å². The van der Waals surface area contributed by atoms with E-state index in [9.17, 15) is 0 Å². The van der Waals surface area contributed by atoms with Crippen molar-refractivity contribution in [2.45, 2.75) is 32.7 Å². The molecule has 0 heterocycles. The van der Waals surface area contributed by atoms with Crippen LogP contribution in [0.5, 0.6) is 0 Å². The lowest BCUT2D eigenvalue weighted by atomic mass is 9.95. The summed E-state index contributed by atoms with van der Waals surface area (Å²) in [4.78, 5) is 0. The van der Waals surface area contributed by atoms with Crippen molar-refractivity contribution in [3.63, 3.8) is 0 Å². The van der Waals surface area contributed by atoms with Crippen LogP contribution in [0.1, 0.15) is 35.2 Å².